The molecule has 0 aliphatic heterocycles. The number of benzene rings is 2. The predicted molar refractivity (Wildman–Crippen MR) is 135 cm³/mol. The number of aromatic nitrogens is 4. The monoisotopic (exact) mass is 477 g/mol. The molecule has 180 valence electrons. The average molecular weight is 478 g/mol. The Labute approximate surface area is 209 Å². The summed E-state index contributed by atoms with van der Waals surface area (Å²) < 4.78 is 7.52. The maximum absolute atomic E-state index is 10.8. The second-order valence-electron chi connectivity index (χ2n) is 10.1. The van der Waals surface area contributed by atoms with E-state index in [0.717, 1.165) is 40.9 Å². The number of hydrogen-bond donors (Lipinski definition) is 1. The van der Waals surface area contributed by atoms with E-state index in [1.165, 1.54) is 0 Å². The molecule has 2 aliphatic rings. The molecule has 2 heterocycles. The molecule has 0 amide bonds. The van der Waals surface area contributed by atoms with E-state index < -0.39 is 11.5 Å². The standard InChI is InChI=1S/C29H27N5O2/c1-17-24-14-13-23-25(28-31-18(2)33-36-28)32-34(27(23)29(24,3)15-21(16-30)26(17)35)22-11-9-20(10-12-22)19-7-5-4-6-8-19/h4-12,15,17,24,26,35H,13-14H2,1-3H3/t17-,24-,26?,29-/m1/s1. The molecule has 0 radical (unpaired) electrons. The van der Waals surface area contributed by atoms with Gasteiger partial charge in [0.1, 0.15) is 0 Å². The number of hydrogen-bond acceptors (Lipinski definition) is 6. The van der Waals surface area contributed by atoms with Crippen LogP contribution in [0.4, 0.5) is 0 Å². The first kappa shape index (κ1) is 22.4. The van der Waals surface area contributed by atoms with Crippen LogP contribution in [-0.4, -0.2) is 31.1 Å². The number of nitrogens with zero attached hydrogens (tertiary/aromatic N) is 5. The van der Waals surface area contributed by atoms with Gasteiger partial charge in [0, 0.05) is 11.0 Å². The Bertz CT molecular complexity index is 1510. The lowest BCUT2D eigenvalue weighted by atomic mass is 9.57. The molecule has 7 heteroatoms. The van der Waals surface area contributed by atoms with Crippen molar-refractivity contribution in [2.24, 2.45) is 11.8 Å². The zero-order valence-corrected chi connectivity index (χ0v) is 20.5. The zero-order valence-electron chi connectivity index (χ0n) is 20.5. The molecule has 4 atom stereocenters. The SMILES string of the molecule is Cc1noc(-c2nn(-c3ccc(-c4ccccc4)cc3)c3c2CC[C@@H]2[C@@H](C)C(O)C(C#N)=C[C@@]32C)n1. The van der Waals surface area contributed by atoms with Crippen molar-refractivity contribution in [1.82, 2.24) is 19.9 Å². The van der Waals surface area contributed by atoms with Crippen LogP contribution in [0.3, 0.4) is 0 Å². The molecule has 36 heavy (non-hydrogen) atoms. The quantitative estimate of drug-likeness (QED) is 0.436. The van der Waals surface area contributed by atoms with Crippen LogP contribution in [-0.2, 0) is 11.8 Å². The van der Waals surface area contributed by atoms with E-state index in [9.17, 15) is 10.4 Å². The number of nitriles is 1. The van der Waals surface area contributed by atoms with Crippen LogP contribution in [0.15, 0.2) is 70.8 Å². The van der Waals surface area contributed by atoms with Crippen LogP contribution in [0.1, 0.15) is 37.4 Å². The molecular weight excluding hydrogens is 450 g/mol. The molecule has 0 saturated heterocycles. The number of fused-ring (bicyclic) bond motifs is 3. The van der Waals surface area contributed by atoms with E-state index in [0.29, 0.717) is 23.0 Å². The molecule has 1 N–H and O–H groups in total. The van der Waals surface area contributed by atoms with Crippen LogP contribution in [0.25, 0.3) is 28.4 Å². The van der Waals surface area contributed by atoms with Gasteiger partial charge in [0.15, 0.2) is 11.5 Å². The van der Waals surface area contributed by atoms with E-state index in [1.54, 1.807) is 6.92 Å². The van der Waals surface area contributed by atoms with Crippen molar-refractivity contribution in [3.63, 3.8) is 0 Å². The van der Waals surface area contributed by atoms with Crippen molar-refractivity contribution < 1.29 is 9.63 Å². The van der Waals surface area contributed by atoms with Gasteiger partial charge in [-0.15, -0.1) is 0 Å². The summed E-state index contributed by atoms with van der Waals surface area (Å²) in [6, 6.07) is 20.8. The van der Waals surface area contributed by atoms with E-state index in [1.807, 2.05) is 35.9 Å². The van der Waals surface area contributed by atoms with Crippen molar-refractivity contribution in [2.45, 2.75) is 45.1 Å². The van der Waals surface area contributed by atoms with Gasteiger partial charge < -0.3 is 9.63 Å². The van der Waals surface area contributed by atoms with E-state index in [-0.39, 0.29) is 11.8 Å². The summed E-state index contributed by atoms with van der Waals surface area (Å²) in [5.74, 6) is 1.06. The van der Waals surface area contributed by atoms with Gasteiger partial charge in [0.05, 0.1) is 29.1 Å². The Balaban J connectivity index is 1.56. The second kappa shape index (κ2) is 8.28. The molecule has 1 unspecified atom stereocenters. The fraction of sp³-hybridized carbons (Fsp3) is 0.310. The third-order valence-electron chi connectivity index (χ3n) is 7.95. The molecule has 6 rings (SSSR count). The number of aliphatic hydroxyl groups excluding tert-OH is 1. The maximum atomic E-state index is 10.8. The minimum absolute atomic E-state index is 0.0549. The molecule has 0 saturated carbocycles. The number of allylic oxidation sites excluding steroid dienone is 1. The fourth-order valence-electron chi connectivity index (χ4n) is 6.19. The van der Waals surface area contributed by atoms with Gasteiger partial charge in [0.2, 0.25) is 0 Å². The third-order valence-corrected chi connectivity index (χ3v) is 7.95. The molecule has 2 aliphatic carbocycles. The van der Waals surface area contributed by atoms with Crippen LogP contribution < -0.4 is 0 Å². The predicted octanol–water partition coefficient (Wildman–Crippen LogP) is 5.18. The maximum Gasteiger partial charge on any atom is 0.278 e. The summed E-state index contributed by atoms with van der Waals surface area (Å²) >= 11 is 0. The molecular formula is C29H27N5O2. The van der Waals surface area contributed by atoms with Crippen LogP contribution in [0, 0.1) is 30.1 Å². The molecule has 2 aromatic carbocycles. The van der Waals surface area contributed by atoms with Gasteiger partial charge in [-0.2, -0.15) is 15.3 Å². The molecule has 7 nitrogen and oxygen atoms in total. The molecule has 4 aromatic rings. The highest BCUT2D eigenvalue weighted by molar-refractivity contribution is 5.66. The second-order valence-corrected chi connectivity index (χ2v) is 10.1. The minimum atomic E-state index is -0.755. The Morgan fingerprint density at radius 3 is 2.50 bits per heavy atom. The van der Waals surface area contributed by atoms with Crippen LogP contribution in [0.5, 0.6) is 0 Å². The number of aryl methyl sites for hydroxylation is 1. The molecule has 0 fully saturated rings. The lowest BCUT2D eigenvalue weighted by Gasteiger charge is -2.47. The smallest absolute Gasteiger partial charge is 0.278 e. The Morgan fingerprint density at radius 1 is 1.11 bits per heavy atom. The fourth-order valence-corrected chi connectivity index (χ4v) is 6.19. The first-order chi connectivity index (χ1) is 17.4. The highest BCUT2D eigenvalue weighted by Gasteiger charge is 2.51. The highest BCUT2D eigenvalue weighted by Crippen LogP contribution is 2.52. The first-order valence-electron chi connectivity index (χ1n) is 12.3. The Kier molecular flexibility index (Phi) is 5.16. The van der Waals surface area contributed by atoms with Crippen molar-refractivity contribution in [1.29, 1.82) is 5.26 Å². The van der Waals surface area contributed by atoms with Crippen LogP contribution >= 0.6 is 0 Å². The number of rotatable bonds is 3. The normalized spacial score (nSPS) is 25.0. The van der Waals surface area contributed by atoms with Crippen molar-refractivity contribution in [2.75, 3.05) is 0 Å². The average Bonchev–Trinajstić information content (AvgIpc) is 3.51. The first-order valence-corrected chi connectivity index (χ1v) is 12.3. The molecule has 0 spiro atoms. The van der Waals surface area contributed by atoms with Gasteiger partial charge in [0.25, 0.3) is 5.89 Å². The van der Waals surface area contributed by atoms with Crippen molar-refractivity contribution in [3.05, 3.63) is 83.3 Å². The summed E-state index contributed by atoms with van der Waals surface area (Å²) in [6.07, 6.45) is 2.85. The van der Waals surface area contributed by atoms with Gasteiger partial charge in [-0.25, -0.2) is 4.68 Å². The topological polar surface area (TPSA) is 101 Å². The Hall–Kier alpha value is -4.02. The van der Waals surface area contributed by atoms with Gasteiger partial charge >= 0.3 is 0 Å². The minimum Gasteiger partial charge on any atom is -0.387 e. The molecule has 2 aromatic heterocycles. The van der Waals surface area contributed by atoms with E-state index >= 15 is 0 Å². The van der Waals surface area contributed by atoms with Crippen LogP contribution in [0.2, 0.25) is 0 Å². The summed E-state index contributed by atoms with van der Waals surface area (Å²) in [6.45, 7) is 6.00. The Morgan fingerprint density at radius 2 is 1.83 bits per heavy atom. The van der Waals surface area contributed by atoms with E-state index in [2.05, 4.69) is 59.5 Å². The van der Waals surface area contributed by atoms with Crippen molar-refractivity contribution >= 4 is 0 Å². The zero-order chi connectivity index (χ0) is 25.0. The van der Waals surface area contributed by atoms with Crippen molar-refractivity contribution in [3.8, 4) is 34.5 Å². The third kappa shape index (κ3) is 3.33. The largest absolute Gasteiger partial charge is 0.387 e. The summed E-state index contributed by atoms with van der Waals surface area (Å²) in [5, 5.41) is 29.6. The summed E-state index contributed by atoms with van der Waals surface area (Å²) in [5.41, 5.74) is 5.87. The lowest BCUT2D eigenvalue weighted by molar-refractivity contribution is 0.0664. The van der Waals surface area contributed by atoms with Gasteiger partial charge in [-0.05, 0) is 54.9 Å². The van der Waals surface area contributed by atoms with Gasteiger partial charge in [-0.3, -0.25) is 0 Å². The highest BCUT2D eigenvalue weighted by atomic mass is 16.5. The number of aliphatic hydroxyl groups is 1. The molecule has 0 bridgehead atoms. The van der Waals surface area contributed by atoms with E-state index in [4.69, 9.17) is 9.62 Å². The van der Waals surface area contributed by atoms with Gasteiger partial charge in [-0.1, -0.05) is 67.5 Å². The summed E-state index contributed by atoms with van der Waals surface area (Å²) in [7, 11) is 0. The lowest BCUT2D eigenvalue weighted by Crippen LogP contribution is -2.47. The summed E-state index contributed by atoms with van der Waals surface area (Å²) in [4.78, 5) is 4.47.